The van der Waals surface area contributed by atoms with Crippen LogP contribution in [0.4, 0.5) is 11.8 Å². The summed E-state index contributed by atoms with van der Waals surface area (Å²) in [5, 5.41) is 12.8. The molecule has 2 N–H and O–H groups in total. The van der Waals surface area contributed by atoms with Gasteiger partial charge in [-0.15, -0.1) is 0 Å². The number of ether oxygens (including phenoxy) is 1. The number of likely N-dealkylation sites (tertiary alicyclic amines) is 1. The average Bonchev–Trinajstić information content (AvgIpc) is 3.34. The van der Waals surface area contributed by atoms with E-state index >= 15 is 0 Å². The number of carbonyl (C=O) groups is 2. The SMILES string of the molecule is CC(=O)N1CC[C@H](Nc2nc(N3CC(C4CC(C(=O)O)CCO4)C3)nc3c2S(=O)CC3)C1. The molecule has 3 saturated heterocycles. The van der Waals surface area contributed by atoms with Gasteiger partial charge < -0.3 is 25.0 Å². The van der Waals surface area contributed by atoms with Crippen LogP contribution in [-0.4, -0.2) is 86.7 Å². The highest BCUT2D eigenvalue weighted by Crippen LogP contribution is 2.35. The van der Waals surface area contributed by atoms with E-state index in [0.717, 1.165) is 25.2 Å². The number of carboxylic acids is 1. The van der Waals surface area contributed by atoms with E-state index in [2.05, 4.69) is 10.2 Å². The van der Waals surface area contributed by atoms with E-state index in [-0.39, 0.29) is 29.9 Å². The third-order valence-electron chi connectivity index (χ3n) is 7.03. The number of nitrogens with zero attached hydrogens (tertiary/aromatic N) is 4. The number of rotatable bonds is 5. The van der Waals surface area contributed by atoms with Crippen molar-refractivity contribution in [3.8, 4) is 0 Å². The lowest BCUT2D eigenvalue weighted by molar-refractivity contribution is -0.148. The lowest BCUT2D eigenvalue weighted by atomic mass is 9.85. The molecule has 0 spiro atoms. The van der Waals surface area contributed by atoms with Crippen LogP contribution in [0.2, 0.25) is 0 Å². The minimum Gasteiger partial charge on any atom is -0.481 e. The minimum atomic E-state index is -1.11. The van der Waals surface area contributed by atoms with Crippen LogP contribution in [0.3, 0.4) is 0 Å². The van der Waals surface area contributed by atoms with E-state index in [0.29, 0.717) is 61.4 Å². The van der Waals surface area contributed by atoms with Crippen molar-refractivity contribution in [2.75, 3.05) is 48.8 Å². The van der Waals surface area contributed by atoms with E-state index in [1.54, 1.807) is 6.92 Å². The first-order valence-electron chi connectivity index (χ1n) is 11.3. The Balaban J connectivity index is 1.29. The van der Waals surface area contributed by atoms with Crippen LogP contribution in [-0.2, 0) is 31.5 Å². The molecule has 174 valence electrons. The van der Waals surface area contributed by atoms with Crippen LogP contribution >= 0.6 is 0 Å². The molecule has 1 aromatic rings. The first-order chi connectivity index (χ1) is 15.4. The van der Waals surface area contributed by atoms with E-state index in [4.69, 9.17) is 14.7 Å². The van der Waals surface area contributed by atoms with Gasteiger partial charge in [0.2, 0.25) is 11.9 Å². The van der Waals surface area contributed by atoms with Gasteiger partial charge >= 0.3 is 5.97 Å². The number of nitrogens with one attached hydrogen (secondary N) is 1. The van der Waals surface area contributed by atoms with E-state index in [9.17, 15) is 18.9 Å². The molecule has 1 aromatic heterocycles. The van der Waals surface area contributed by atoms with Crippen molar-refractivity contribution in [1.82, 2.24) is 14.9 Å². The second kappa shape index (κ2) is 8.58. The summed E-state index contributed by atoms with van der Waals surface area (Å²) in [5.41, 5.74) is 0.834. The van der Waals surface area contributed by atoms with E-state index < -0.39 is 16.8 Å². The second-order valence-corrected chi connectivity index (χ2v) is 10.7. The number of aliphatic carboxylic acids is 1. The molecule has 0 radical (unpaired) electrons. The van der Waals surface area contributed by atoms with Gasteiger partial charge in [-0.3, -0.25) is 13.8 Å². The zero-order valence-electron chi connectivity index (χ0n) is 18.2. The summed E-state index contributed by atoms with van der Waals surface area (Å²) in [6, 6.07) is 0.0797. The Kier molecular flexibility index (Phi) is 5.79. The molecule has 4 aliphatic rings. The molecule has 0 aromatic carbocycles. The van der Waals surface area contributed by atoms with Crippen molar-refractivity contribution in [3.05, 3.63) is 5.69 Å². The van der Waals surface area contributed by atoms with Crippen molar-refractivity contribution in [2.24, 2.45) is 11.8 Å². The van der Waals surface area contributed by atoms with Crippen LogP contribution in [0.15, 0.2) is 4.90 Å². The van der Waals surface area contributed by atoms with Gasteiger partial charge in [0, 0.05) is 63.8 Å². The second-order valence-electron chi connectivity index (χ2n) is 9.18. The normalized spacial score (nSPS) is 30.2. The number of carboxylic acid groups (broad SMARTS) is 1. The molecule has 0 aliphatic carbocycles. The summed E-state index contributed by atoms with van der Waals surface area (Å²) in [6.45, 7) is 4.84. The van der Waals surface area contributed by atoms with Crippen molar-refractivity contribution >= 4 is 34.4 Å². The number of carbonyl (C=O) groups excluding carboxylic acids is 1. The molecule has 11 heteroatoms. The highest BCUT2D eigenvalue weighted by molar-refractivity contribution is 7.85. The number of anilines is 2. The fourth-order valence-corrected chi connectivity index (χ4v) is 6.39. The Labute approximate surface area is 189 Å². The summed E-state index contributed by atoms with van der Waals surface area (Å²) in [7, 11) is -1.11. The van der Waals surface area contributed by atoms with Gasteiger partial charge in [0.1, 0.15) is 10.7 Å². The summed E-state index contributed by atoms with van der Waals surface area (Å²) in [5.74, 6) is 1.06. The molecular weight excluding hydrogens is 434 g/mol. The van der Waals surface area contributed by atoms with Crippen LogP contribution in [0.1, 0.15) is 31.9 Å². The Morgan fingerprint density at radius 3 is 2.75 bits per heavy atom. The molecule has 0 bridgehead atoms. The van der Waals surface area contributed by atoms with Crippen molar-refractivity contribution in [3.63, 3.8) is 0 Å². The van der Waals surface area contributed by atoms with Crippen LogP contribution in [0.5, 0.6) is 0 Å². The molecule has 3 unspecified atom stereocenters. The largest absolute Gasteiger partial charge is 0.481 e. The average molecular weight is 464 g/mol. The number of fused-ring (bicyclic) bond motifs is 1. The molecule has 5 heterocycles. The lowest BCUT2D eigenvalue weighted by Gasteiger charge is -2.45. The molecule has 1 amide bonds. The summed E-state index contributed by atoms with van der Waals surface area (Å²) >= 11 is 0. The predicted octanol–water partition coefficient (Wildman–Crippen LogP) is 0.489. The van der Waals surface area contributed by atoms with Crippen molar-refractivity contribution in [2.45, 2.75) is 49.6 Å². The summed E-state index contributed by atoms with van der Waals surface area (Å²) in [6.07, 6.45) is 2.58. The van der Waals surface area contributed by atoms with Gasteiger partial charge in [0.15, 0.2) is 0 Å². The number of hydrogen-bond donors (Lipinski definition) is 2. The maximum Gasteiger partial charge on any atom is 0.306 e. The molecule has 0 saturated carbocycles. The quantitative estimate of drug-likeness (QED) is 0.642. The first kappa shape index (κ1) is 21.6. The standard InChI is InChI=1S/C21H29N5O5S/c1-12(27)25-5-2-15(11-25)22-19-18-16(4-7-32(18)30)23-21(24-19)26-9-14(10-26)17-8-13(20(28)29)3-6-31-17/h13-15,17H,2-11H2,1H3,(H,28,29)(H,22,23,24)/t13?,15-,17?,32?/m0/s1. The maximum atomic E-state index is 12.6. The van der Waals surface area contributed by atoms with Gasteiger partial charge in [-0.2, -0.15) is 4.98 Å². The Morgan fingerprint density at radius 1 is 1.22 bits per heavy atom. The van der Waals surface area contributed by atoms with Crippen molar-refractivity contribution in [1.29, 1.82) is 0 Å². The van der Waals surface area contributed by atoms with Gasteiger partial charge in [0.05, 0.1) is 28.5 Å². The molecule has 4 atom stereocenters. The number of amides is 1. The first-order valence-corrected chi connectivity index (χ1v) is 12.6. The Bertz CT molecular complexity index is 953. The number of hydrogen-bond acceptors (Lipinski definition) is 8. The third kappa shape index (κ3) is 4.07. The molecule has 32 heavy (non-hydrogen) atoms. The molecule has 3 fully saturated rings. The fourth-order valence-electron chi connectivity index (χ4n) is 5.07. The van der Waals surface area contributed by atoms with Crippen LogP contribution in [0, 0.1) is 11.8 Å². The zero-order chi connectivity index (χ0) is 22.4. The third-order valence-corrected chi connectivity index (χ3v) is 8.49. The predicted molar refractivity (Wildman–Crippen MR) is 117 cm³/mol. The molecular formula is C21H29N5O5S. The maximum absolute atomic E-state index is 12.6. The monoisotopic (exact) mass is 463 g/mol. The Hall–Kier alpha value is -2.27. The fraction of sp³-hybridized carbons (Fsp3) is 0.714. The van der Waals surface area contributed by atoms with Gasteiger partial charge in [0.25, 0.3) is 0 Å². The molecule has 10 nitrogen and oxygen atoms in total. The smallest absolute Gasteiger partial charge is 0.306 e. The van der Waals surface area contributed by atoms with E-state index in [1.807, 2.05) is 4.90 Å². The lowest BCUT2D eigenvalue weighted by Crippen LogP contribution is -2.55. The Morgan fingerprint density at radius 2 is 2.03 bits per heavy atom. The van der Waals surface area contributed by atoms with Gasteiger partial charge in [-0.05, 0) is 19.3 Å². The minimum absolute atomic E-state index is 0.0447. The van der Waals surface area contributed by atoms with Crippen molar-refractivity contribution < 1.29 is 23.6 Å². The van der Waals surface area contributed by atoms with Gasteiger partial charge in [-0.1, -0.05) is 0 Å². The number of aromatic nitrogens is 2. The number of aryl methyl sites for hydroxylation is 1. The highest BCUT2D eigenvalue weighted by Gasteiger charge is 2.40. The molecule has 5 rings (SSSR count). The summed E-state index contributed by atoms with van der Waals surface area (Å²) in [4.78, 5) is 37.1. The van der Waals surface area contributed by atoms with E-state index in [1.165, 1.54) is 0 Å². The van der Waals surface area contributed by atoms with Crippen LogP contribution < -0.4 is 10.2 Å². The topological polar surface area (TPSA) is 125 Å². The van der Waals surface area contributed by atoms with Gasteiger partial charge in [-0.25, -0.2) is 4.98 Å². The zero-order valence-corrected chi connectivity index (χ0v) is 19.0. The molecule has 4 aliphatic heterocycles. The summed E-state index contributed by atoms with van der Waals surface area (Å²) < 4.78 is 18.5. The van der Waals surface area contributed by atoms with Crippen LogP contribution in [0.25, 0.3) is 0 Å². The highest BCUT2D eigenvalue weighted by atomic mass is 32.2.